The number of anilines is 1. The zero-order valence-electron chi connectivity index (χ0n) is 7.92. The lowest BCUT2D eigenvalue weighted by molar-refractivity contribution is 0.264. The molecule has 2 nitrogen and oxygen atoms in total. The Morgan fingerprint density at radius 2 is 2.38 bits per heavy atom. The Balaban J connectivity index is 2.32. The molecular formula is C11H15NO. The molecule has 0 saturated heterocycles. The van der Waals surface area contributed by atoms with Crippen LogP contribution in [0.5, 0.6) is 0 Å². The van der Waals surface area contributed by atoms with Crippen LogP contribution in [-0.2, 0) is 4.74 Å². The summed E-state index contributed by atoms with van der Waals surface area (Å²) in [4.78, 5) is 0. The van der Waals surface area contributed by atoms with Crippen molar-refractivity contribution in [1.82, 2.24) is 0 Å². The highest BCUT2D eigenvalue weighted by Crippen LogP contribution is 2.08. The number of hydrogen-bond donors (Lipinski definition) is 1. The van der Waals surface area contributed by atoms with E-state index in [2.05, 4.69) is 31.0 Å². The molecule has 0 aromatic heterocycles. The molecule has 0 aliphatic heterocycles. The molecular weight excluding hydrogens is 162 g/mol. The summed E-state index contributed by atoms with van der Waals surface area (Å²) in [7, 11) is 0. The average molecular weight is 177 g/mol. The summed E-state index contributed by atoms with van der Waals surface area (Å²) in [5.74, 6) is 0. The van der Waals surface area contributed by atoms with Gasteiger partial charge in [-0.3, -0.25) is 0 Å². The molecule has 1 rings (SSSR count). The Hall–Kier alpha value is -1.44. The van der Waals surface area contributed by atoms with Crippen molar-refractivity contribution < 1.29 is 4.74 Å². The van der Waals surface area contributed by atoms with E-state index in [1.165, 1.54) is 11.8 Å². The summed E-state index contributed by atoms with van der Waals surface area (Å²) in [6.45, 7) is 7.00. The van der Waals surface area contributed by atoms with Crippen molar-refractivity contribution in [3.63, 3.8) is 0 Å². The van der Waals surface area contributed by atoms with Crippen LogP contribution < -0.4 is 5.32 Å². The molecule has 0 atom stereocenters. The van der Waals surface area contributed by atoms with Crippen LogP contribution >= 0.6 is 0 Å². The van der Waals surface area contributed by atoms with Crippen molar-refractivity contribution in [3.8, 4) is 0 Å². The number of hydrogen-bond acceptors (Lipinski definition) is 2. The van der Waals surface area contributed by atoms with Gasteiger partial charge in [-0.25, -0.2) is 0 Å². The topological polar surface area (TPSA) is 21.3 Å². The molecule has 0 aliphatic rings. The van der Waals surface area contributed by atoms with Crippen molar-refractivity contribution in [2.24, 2.45) is 0 Å². The van der Waals surface area contributed by atoms with Crippen LogP contribution in [-0.4, -0.2) is 13.2 Å². The Labute approximate surface area is 79.2 Å². The number of aryl methyl sites for hydroxylation is 1. The van der Waals surface area contributed by atoms with Crippen LogP contribution in [0, 0.1) is 6.92 Å². The molecule has 2 heteroatoms. The molecule has 1 aromatic carbocycles. The first-order chi connectivity index (χ1) is 6.33. The average Bonchev–Trinajstić information content (AvgIpc) is 2.13. The van der Waals surface area contributed by atoms with E-state index in [0.717, 1.165) is 12.2 Å². The molecule has 0 radical (unpaired) electrons. The summed E-state index contributed by atoms with van der Waals surface area (Å²) in [6, 6.07) is 8.26. The zero-order valence-corrected chi connectivity index (χ0v) is 7.92. The van der Waals surface area contributed by atoms with Crippen LogP contribution in [0.3, 0.4) is 0 Å². The highest BCUT2D eigenvalue weighted by molar-refractivity contribution is 5.45. The van der Waals surface area contributed by atoms with Crippen molar-refractivity contribution in [3.05, 3.63) is 42.7 Å². The fourth-order valence-corrected chi connectivity index (χ4v) is 1.09. The number of nitrogens with one attached hydrogen (secondary N) is 1. The first kappa shape index (κ1) is 9.65. The van der Waals surface area contributed by atoms with Gasteiger partial charge in [0.15, 0.2) is 0 Å². The van der Waals surface area contributed by atoms with Crippen LogP contribution in [0.4, 0.5) is 5.69 Å². The van der Waals surface area contributed by atoms with Crippen LogP contribution in [0.1, 0.15) is 5.56 Å². The quantitative estimate of drug-likeness (QED) is 0.551. The van der Waals surface area contributed by atoms with Gasteiger partial charge in [-0.15, -0.1) is 0 Å². The number of ether oxygens (including phenoxy) is 1. The van der Waals surface area contributed by atoms with Crippen molar-refractivity contribution >= 4 is 5.69 Å². The highest BCUT2D eigenvalue weighted by atomic mass is 16.5. The second-order valence-corrected chi connectivity index (χ2v) is 2.83. The monoisotopic (exact) mass is 177 g/mol. The first-order valence-electron chi connectivity index (χ1n) is 4.36. The normalized spacial score (nSPS) is 9.31. The predicted octanol–water partition coefficient (Wildman–Crippen LogP) is 2.57. The Kier molecular flexibility index (Phi) is 3.89. The lowest BCUT2D eigenvalue weighted by atomic mass is 10.2. The fraction of sp³-hybridized carbons (Fsp3) is 0.273. The van der Waals surface area contributed by atoms with E-state index in [4.69, 9.17) is 4.74 Å². The Morgan fingerprint density at radius 3 is 3.08 bits per heavy atom. The summed E-state index contributed by atoms with van der Waals surface area (Å²) >= 11 is 0. The maximum atomic E-state index is 4.99. The second kappa shape index (κ2) is 5.25. The molecule has 0 saturated carbocycles. The van der Waals surface area contributed by atoms with Gasteiger partial charge < -0.3 is 10.1 Å². The Morgan fingerprint density at radius 1 is 1.54 bits per heavy atom. The first-order valence-corrected chi connectivity index (χ1v) is 4.36. The molecule has 0 fully saturated rings. The fourth-order valence-electron chi connectivity index (χ4n) is 1.09. The lowest BCUT2D eigenvalue weighted by Crippen LogP contribution is -2.06. The zero-order chi connectivity index (χ0) is 9.52. The van der Waals surface area contributed by atoms with Gasteiger partial charge in [0.2, 0.25) is 0 Å². The van der Waals surface area contributed by atoms with E-state index in [1.54, 1.807) is 0 Å². The maximum absolute atomic E-state index is 4.99. The van der Waals surface area contributed by atoms with Gasteiger partial charge >= 0.3 is 0 Å². The molecule has 1 aromatic rings. The summed E-state index contributed by atoms with van der Waals surface area (Å²) in [5, 5.41) is 3.25. The minimum Gasteiger partial charge on any atom is -0.500 e. The van der Waals surface area contributed by atoms with Gasteiger partial charge in [-0.1, -0.05) is 18.7 Å². The minimum atomic E-state index is 0.650. The van der Waals surface area contributed by atoms with Crippen LogP contribution in [0.25, 0.3) is 0 Å². The molecule has 1 N–H and O–H groups in total. The van der Waals surface area contributed by atoms with E-state index in [1.807, 2.05) is 12.1 Å². The van der Waals surface area contributed by atoms with Gasteiger partial charge in [0.05, 0.1) is 6.26 Å². The van der Waals surface area contributed by atoms with E-state index in [-0.39, 0.29) is 0 Å². The minimum absolute atomic E-state index is 0.650. The molecule has 0 bridgehead atoms. The summed E-state index contributed by atoms with van der Waals surface area (Å²) in [5.41, 5.74) is 2.39. The van der Waals surface area contributed by atoms with E-state index in [0.29, 0.717) is 6.61 Å². The third-order valence-electron chi connectivity index (χ3n) is 1.68. The van der Waals surface area contributed by atoms with Crippen molar-refractivity contribution in [2.75, 3.05) is 18.5 Å². The SMILES string of the molecule is C=COCCNc1cccc(C)c1. The van der Waals surface area contributed by atoms with E-state index >= 15 is 0 Å². The molecule has 0 spiro atoms. The second-order valence-electron chi connectivity index (χ2n) is 2.83. The van der Waals surface area contributed by atoms with Crippen LogP contribution in [0.15, 0.2) is 37.1 Å². The third kappa shape index (κ3) is 3.65. The van der Waals surface area contributed by atoms with Gasteiger partial charge in [0.25, 0.3) is 0 Å². The molecule has 0 amide bonds. The lowest BCUT2D eigenvalue weighted by Gasteiger charge is -2.06. The number of rotatable bonds is 5. The Bertz CT molecular complexity index is 271. The smallest absolute Gasteiger partial charge is 0.104 e. The molecule has 0 aliphatic carbocycles. The standard InChI is InChI=1S/C11H15NO/c1-3-13-8-7-12-11-6-4-5-10(2)9-11/h3-6,9,12H,1,7-8H2,2H3. The van der Waals surface area contributed by atoms with E-state index in [9.17, 15) is 0 Å². The maximum Gasteiger partial charge on any atom is 0.104 e. The number of benzene rings is 1. The van der Waals surface area contributed by atoms with Gasteiger partial charge in [-0.2, -0.15) is 0 Å². The third-order valence-corrected chi connectivity index (χ3v) is 1.68. The van der Waals surface area contributed by atoms with Crippen molar-refractivity contribution in [2.45, 2.75) is 6.92 Å². The molecule has 0 unspecified atom stereocenters. The molecule has 0 heterocycles. The molecule has 13 heavy (non-hydrogen) atoms. The molecule has 70 valence electrons. The van der Waals surface area contributed by atoms with Crippen LogP contribution in [0.2, 0.25) is 0 Å². The van der Waals surface area contributed by atoms with E-state index < -0.39 is 0 Å². The summed E-state index contributed by atoms with van der Waals surface area (Å²) in [6.07, 6.45) is 1.46. The predicted molar refractivity (Wildman–Crippen MR) is 55.8 cm³/mol. The van der Waals surface area contributed by atoms with Gasteiger partial charge in [0, 0.05) is 12.2 Å². The summed E-state index contributed by atoms with van der Waals surface area (Å²) < 4.78 is 4.99. The van der Waals surface area contributed by atoms with Gasteiger partial charge in [-0.05, 0) is 24.6 Å². The van der Waals surface area contributed by atoms with Gasteiger partial charge in [0.1, 0.15) is 6.61 Å². The van der Waals surface area contributed by atoms with Crippen molar-refractivity contribution in [1.29, 1.82) is 0 Å². The highest BCUT2D eigenvalue weighted by Gasteiger charge is 1.90. The largest absolute Gasteiger partial charge is 0.500 e.